The first kappa shape index (κ1) is 10.7. The number of halogens is 1. The van der Waals surface area contributed by atoms with Crippen molar-refractivity contribution in [3.05, 3.63) is 17.4 Å². The van der Waals surface area contributed by atoms with Crippen molar-refractivity contribution >= 4 is 5.78 Å². The summed E-state index contributed by atoms with van der Waals surface area (Å²) in [5, 5.41) is 9.47. The lowest BCUT2D eigenvalue weighted by Gasteiger charge is -2.21. The predicted molar refractivity (Wildman–Crippen MR) is 52.4 cm³/mol. The molecule has 5 nitrogen and oxygen atoms in total. The fourth-order valence-corrected chi connectivity index (χ4v) is 1.51. The van der Waals surface area contributed by atoms with Gasteiger partial charge in [0.25, 0.3) is 0 Å². The maximum atomic E-state index is 13.3. The molecule has 1 aliphatic heterocycles. The number of ether oxygens (including phenoxy) is 2. The lowest BCUT2D eigenvalue weighted by atomic mass is 10.1. The SMILES string of the molecule is NCC(=O)c1c(O)c(F)cc2c1OCCO2. The molecule has 0 atom stereocenters. The van der Waals surface area contributed by atoms with Crippen LogP contribution in [0.4, 0.5) is 4.39 Å². The van der Waals surface area contributed by atoms with Gasteiger partial charge in [-0.25, -0.2) is 4.39 Å². The summed E-state index contributed by atoms with van der Waals surface area (Å²) in [7, 11) is 0. The molecule has 1 heterocycles. The number of hydrogen-bond donors (Lipinski definition) is 2. The summed E-state index contributed by atoms with van der Waals surface area (Å²) < 4.78 is 23.6. The van der Waals surface area contributed by atoms with Gasteiger partial charge in [-0.3, -0.25) is 4.79 Å². The Balaban J connectivity index is 2.63. The van der Waals surface area contributed by atoms with Gasteiger partial charge in [0, 0.05) is 6.07 Å². The van der Waals surface area contributed by atoms with Gasteiger partial charge >= 0.3 is 0 Å². The standard InChI is InChI=1S/C10H10FNO4/c11-5-3-7-10(16-2-1-15-7)8(9(5)14)6(13)4-12/h3,14H,1-2,4,12H2. The normalized spacial score (nSPS) is 13.6. The van der Waals surface area contributed by atoms with Gasteiger partial charge in [-0.15, -0.1) is 0 Å². The predicted octanol–water partition coefficient (Wildman–Crippen LogP) is 0.444. The van der Waals surface area contributed by atoms with Crippen molar-refractivity contribution in [1.82, 2.24) is 0 Å². The summed E-state index contributed by atoms with van der Waals surface area (Å²) in [4.78, 5) is 11.5. The van der Waals surface area contributed by atoms with Crippen molar-refractivity contribution < 1.29 is 23.8 Å². The molecule has 1 aromatic rings. The lowest BCUT2D eigenvalue weighted by molar-refractivity contribution is 0.0985. The Morgan fingerprint density at radius 3 is 2.88 bits per heavy atom. The molecule has 1 aliphatic rings. The largest absolute Gasteiger partial charge is 0.504 e. The Kier molecular flexibility index (Phi) is 2.66. The Morgan fingerprint density at radius 2 is 2.19 bits per heavy atom. The topological polar surface area (TPSA) is 81.8 Å². The summed E-state index contributed by atoms with van der Waals surface area (Å²) in [6.45, 7) is 0.170. The van der Waals surface area contributed by atoms with Crippen molar-refractivity contribution in [3.63, 3.8) is 0 Å². The van der Waals surface area contributed by atoms with Gasteiger partial charge in [-0.05, 0) is 0 Å². The minimum absolute atomic E-state index is 0.0561. The van der Waals surface area contributed by atoms with Crippen LogP contribution in [0.1, 0.15) is 10.4 Å². The fourth-order valence-electron chi connectivity index (χ4n) is 1.51. The summed E-state index contributed by atoms with van der Waals surface area (Å²) in [6, 6.07) is 0.983. The molecule has 0 bridgehead atoms. The van der Waals surface area contributed by atoms with Gasteiger partial charge in [0.2, 0.25) is 0 Å². The molecule has 0 unspecified atom stereocenters. The summed E-state index contributed by atoms with van der Waals surface area (Å²) >= 11 is 0. The number of ketones is 1. The highest BCUT2D eigenvalue weighted by Gasteiger charge is 2.26. The van der Waals surface area contributed by atoms with E-state index in [1.165, 1.54) is 0 Å². The number of Topliss-reactive ketones (excluding diaryl/α,β-unsaturated/α-hetero) is 1. The zero-order valence-electron chi connectivity index (χ0n) is 8.33. The highest BCUT2D eigenvalue weighted by molar-refractivity contribution is 6.03. The summed E-state index contributed by atoms with van der Waals surface area (Å²) in [5.41, 5.74) is 4.92. The highest BCUT2D eigenvalue weighted by Crippen LogP contribution is 2.40. The average molecular weight is 227 g/mol. The molecule has 0 saturated carbocycles. The Bertz CT molecular complexity index is 447. The third-order valence-electron chi connectivity index (χ3n) is 2.22. The summed E-state index contributed by atoms with van der Waals surface area (Å²) in [5.74, 6) is -2.11. The van der Waals surface area contributed by atoms with Gasteiger partial charge in [0.05, 0.1) is 6.54 Å². The molecule has 0 fully saturated rings. The van der Waals surface area contributed by atoms with E-state index in [9.17, 15) is 14.3 Å². The van der Waals surface area contributed by atoms with Crippen LogP contribution in [-0.2, 0) is 0 Å². The molecular weight excluding hydrogens is 217 g/mol. The second-order valence-electron chi connectivity index (χ2n) is 3.23. The fraction of sp³-hybridized carbons (Fsp3) is 0.300. The number of phenols is 1. The smallest absolute Gasteiger partial charge is 0.184 e. The zero-order chi connectivity index (χ0) is 11.7. The Morgan fingerprint density at radius 1 is 1.50 bits per heavy atom. The number of nitrogens with two attached hydrogens (primary N) is 1. The lowest BCUT2D eigenvalue weighted by Crippen LogP contribution is -2.21. The average Bonchev–Trinajstić information content (AvgIpc) is 2.30. The van der Waals surface area contributed by atoms with E-state index in [2.05, 4.69) is 0 Å². The van der Waals surface area contributed by atoms with Crippen LogP contribution >= 0.6 is 0 Å². The van der Waals surface area contributed by atoms with Crippen molar-refractivity contribution in [2.75, 3.05) is 19.8 Å². The monoisotopic (exact) mass is 227 g/mol. The molecule has 0 radical (unpaired) electrons. The molecule has 16 heavy (non-hydrogen) atoms. The molecule has 2 rings (SSSR count). The van der Waals surface area contributed by atoms with Crippen LogP contribution in [0.2, 0.25) is 0 Å². The molecule has 0 saturated heterocycles. The highest BCUT2D eigenvalue weighted by atomic mass is 19.1. The first-order valence-electron chi connectivity index (χ1n) is 4.69. The van der Waals surface area contributed by atoms with E-state index < -0.39 is 17.3 Å². The van der Waals surface area contributed by atoms with E-state index in [0.29, 0.717) is 0 Å². The quantitative estimate of drug-likeness (QED) is 0.716. The number of fused-ring (bicyclic) bond motifs is 1. The van der Waals surface area contributed by atoms with Crippen molar-refractivity contribution in [1.29, 1.82) is 0 Å². The van der Waals surface area contributed by atoms with E-state index >= 15 is 0 Å². The van der Waals surface area contributed by atoms with Crippen molar-refractivity contribution in [2.45, 2.75) is 0 Å². The van der Waals surface area contributed by atoms with Crippen LogP contribution in [0.15, 0.2) is 6.07 Å². The number of phenolic OH excluding ortho intramolecular Hbond substituents is 1. The zero-order valence-corrected chi connectivity index (χ0v) is 8.33. The van der Waals surface area contributed by atoms with Gasteiger partial charge in [-0.2, -0.15) is 0 Å². The van der Waals surface area contributed by atoms with Gasteiger partial charge in [-0.1, -0.05) is 0 Å². The van der Waals surface area contributed by atoms with E-state index in [0.717, 1.165) is 6.07 Å². The van der Waals surface area contributed by atoms with Gasteiger partial charge in [0.15, 0.2) is 28.8 Å². The van der Waals surface area contributed by atoms with E-state index in [1.807, 2.05) is 0 Å². The van der Waals surface area contributed by atoms with Crippen molar-refractivity contribution in [3.8, 4) is 17.2 Å². The van der Waals surface area contributed by atoms with E-state index in [1.54, 1.807) is 0 Å². The molecular formula is C10H10FNO4. The van der Waals surface area contributed by atoms with E-state index in [-0.39, 0.29) is 36.8 Å². The van der Waals surface area contributed by atoms with Gasteiger partial charge in [0.1, 0.15) is 18.8 Å². The third-order valence-corrected chi connectivity index (χ3v) is 2.22. The molecule has 0 spiro atoms. The molecule has 1 aromatic carbocycles. The van der Waals surface area contributed by atoms with Crippen molar-refractivity contribution in [2.24, 2.45) is 5.73 Å². The minimum Gasteiger partial charge on any atom is -0.504 e. The maximum absolute atomic E-state index is 13.3. The second kappa shape index (κ2) is 3.97. The van der Waals surface area contributed by atoms with Crippen LogP contribution in [0.5, 0.6) is 17.2 Å². The van der Waals surface area contributed by atoms with Crippen LogP contribution in [-0.4, -0.2) is 30.6 Å². The molecule has 0 aromatic heterocycles. The first-order valence-corrected chi connectivity index (χ1v) is 4.69. The third kappa shape index (κ3) is 1.57. The van der Waals surface area contributed by atoms with Crippen LogP contribution in [0.3, 0.4) is 0 Å². The molecule has 6 heteroatoms. The number of hydrogen-bond acceptors (Lipinski definition) is 5. The molecule has 86 valence electrons. The minimum atomic E-state index is -0.930. The first-order chi connectivity index (χ1) is 7.65. The summed E-state index contributed by atoms with van der Waals surface area (Å²) in [6.07, 6.45) is 0. The number of benzene rings is 1. The van der Waals surface area contributed by atoms with Gasteiger partial charge < -0.3 is 20.3 Å². The number of carbonyl (C=O) groups is 1. The van der Waals surface area contributed by atoms with Crippen LogP contribution in [0, 0.1) is 5.82 Å². The Labute approximate surface area is 90.6 Å². The second-order valence-corrected chi connectivity index (χ2v) is 3.23. The Hall–Kier alpha value is -1.82. The molecule has 0 amide bonds. The number of carbonyl (C=O) groups excluding carboxylic acids is 1. The number of aromatic hydroxyl groups is 1. The van der Waals surface area contributed by atoms with E-state index in [4.69, 9.17) is 15.2 Å². The molecule has 0 aliphatic carbocycles. The number of rotatable bonds is 2. The van der Waals surface area contributed by atoms with Crippen LogP contribution in [0.25, 0.3) is 0 Å². The van der Waals surface area contributed by atoms with Crippen LogP contribution < -0.4 is 15.2 Å². The maximum Gasteiger partial charge on any atom is 0.184 e. The molecule has 3 N–H and O–H groups in total.